The molecule has 0 bridgehead atoms. The van der Waals surface area contributed by atoms with E-state index in [0.717, 1.165) is 18.4 Å². The molecule has 0 amide bonds. The van der Waals surface area contributed by atoms with E-state index in [4.69, 9.17) is 4.74 Å². The second-order valence-corrected chi connectivity index (χ2v) is 5.61. The third-order valence-electron chi connectivity index (χ3n) is 4.13. The van der Waals surface area contributed by atoms with Crippen molar-refractivity contribution in [2.45, 2.75) is 45.3 Å². The molecule has 0 spiro atoms. The quantitative estimate of drug-likeness (QED) is 0.558. The molecule has 106 valence electrons. The molecule has 4 nitrogen and oxygen atoms in total. The van der Waals surface area contributed by atoms with Gasteiger partial charge in [-0.25, -0.2) is 0 Å². The summed E-state index contributed by atoms with van der Waals surface area (Å²) < 4.78 is 5.39. The van der Waals surface area contributed by atoms with Gasteiger partial charge in [-0.15, -0.1) is 0 Å². The molecule has 0 unspecified atom stereocenters. The average molecular weight is 266 g/mol. The number of aliphatic hydroxyl groups is 2. The van der Waals surface area contributed by atoms with Crippen LogP contribution in [-0.2, 0) is 9.53 Å². The fraction of sp³-hybridized carbons (Fsp3) is 0.667. The molecule has 4 heteroatoms. The molecule has 2 rings (SSSR count). The lowest BCUT2D eigenvalue weighted by Gasteiger charge is -2.24. The van der Waals surface area contributed by atoms with Gasteiger partial charge in [-0.3, -0.25) is 4.79 Å². The number of hydrogen-bond donors (Lipinski definition) is 2. The maximum Gasteiger partial charge on any atom is 0.309 e. The van der Waals surface area contributed by atoms with Gasteiger partial charge >= 0.3 is 5.97 Å². The summed E-state index contributed by atoms with van der Waals surface area (Å²) in [6.45, 7) is 3.77. The molecule has 0 radical (unpaired) electrons. The number of hydrogen-bond acceptors (Lipinski definition) is 4. The molecule has 0 aromatic heterocycles. The van der Waals surface area contributed by atoms with Gasteiger partial charge in [-0.2, -0.15) is 0 Å². The van der Waals surface area contributed by atoms with E-state index in [2.05, 4.69) is 6.08 Å². The summed E-state index contributed by atoms with van der Waals surface area (Å²) in [5, 5.41) is 19.7. The number of aliphatic hydroxyl groups excluding tert-OH is 2. The average Bonchev–Trinajstić information content (AvgIpc) is 2.63. The first-order chi connectivity index (χ1) is 9.02. The minimum absolute atomic E-state index is 0.0511. The van der Waals surface area contributed by atoms with Crippen LogP contribution in [-0.4, -0.2) is 35.0 Å². The summed E-state index contributed by atoms with van der Waals surface area (Å²) in [6.07, 6.45) is 5.08. The van der Waals surface area contributed by atoms with Crippen LogP contribution in [0.25, 0.3) is 0 Å². The van der Waals surface area contributed by atoms with Crippen molar-refractivity contribution < 1.29 is 19.7 Å². The zero-order valence-corrected chi connectivity index (χ0v) is 11.5. The molecule has 1 saturated heterocycles. The van der Waals surface area contributed by atoms with E-state index in [1.54, 1.807) is 13.0 Å². The van der Waals surface area contributed by atoms with Crippen LogP contribution in [0, 0.1) is 11.8 Å². The monoisotopic (exact) mass is 266 g/mol. The van der Waals surface area contributed by atoms with Gasteiger partial charge in [0, 0.05) is 12.3 Å². The molecule has 0 aromatic rings. The van der Waals surface area contributed by atoms with E-state index in [0.29, 0.717) is 6.42 Å². The van der Waals surface area contributed by atoms with Crippen LogP contribution in [0.3, 0.4) is 0 Å². The Hall–Kier alpha value is -1.13. The van der Waals surface area contributed by atoms with Gasteiger partial charge in [-0.1, -0.05) is 24.6 Å². The molecule has 2 N–H and O–H groups in total. The van der Waals surface area contributed by atoms with Crippen LogP contribution in [0.1, 0.15) is 33.1 Å². The molecule has 1 aliphatic heterocycles. The van der Waals surface area contributed by atoms with Gasteiger partial charge < -0.3 is 14.9 Å². The predicted octanol–water partition coefficient (Wildman–Crippen LogP) is 1.57. The van der Waals surface area contributed by atoms with E-state index in [9.17, 15) is 15.0 Å². The molecule has 1 fully saturated rings. The summed E-state index contributed by atoms with van der Waals surface area (Å²) >= 11 is 0. The number of esters is 1. The highest BCUT2D eigenvalue weighted by atomic mass is 16.6. The maximum atomic E-state index is 11.7. The normalized spacial score (nSPS) is 41.6. The first-order valence-electron chi connectivity index (χ1n) is 6.87. The zero-order valence-electron chi connectivity index (χ0n) is 11.5. The maximum absolute atomic E-state index is 11.7. The lowest BCUT2D eigenvalue weighted by Crippen LogP contribution is -2.31. The summed E-state index contributed by atoms with van der Waals surface area (Å²) in [6, 6.07) is 0. The van der Waals surface area contributed by atoms with Crippen molar-refractivity contribution in [3.05, 3.63) is 23.3 Å². The number of allylic oxidation sites excluding steroid dienone is 1. The summed E-state index contributed by atoms with van der Waals surface area (Å²) in [4.78, 5) is 11.7. The van der Waals surface area contributed by atoms with Crippen molar-refractivity contribution in [2.24, 2.45) is 11.8 Å². The number of carbonyl (C=O) groups excluding carboxylic acids is 1. The number of carbonyl (C=O) groups is 1. The van der Waals surface area contributed by atoms with E-state index in [-0.39, 0.29) is 30.5 Å². The molecule has 0 aromatic carbocycles. The van der Waals surface area contributed by atoms with Crippen molar-refractivity contribution in [1.82, 2.24) is 0 Å². The van der Waals surface area contributed by atoms with Gasteiger partial charge in [0.1, 0.15) is 6.10 Å². The second-order valence-electron chi connectivity index (χ2n) is 5.61. The molecular weight excluding hydrogens is 244 g/mol. The standard InChI is InChI=1S/C15H22O4/c1-9-4-3-5-11(8-16)7-12(17)14-10(2)15(18)19-13(14)6-9/h4,7,10,12-14,16-17H,3,5-6,8H2,1-2H3/b9-4+,11-7-/t10-,12-,13+,14+/m1/s1. The van der Waals surface area contributed by atoms with Crippen LogP contribution in [0.15, 0.2) is 23.3 Å². The van der Waals surface area contributed by atoms with Crippen LogP contribution in [0.5, 0.6) is 0 Å². The Morgan fingerprint density at radius 1 is 1.47 bits per heavy atom. The van der Waals surface area contributed by atoms with Gasteiger partial charge in [-0.05, 0) is 25.3 Å². The van der Waals surface area contributed by atoms with Crippen molar-refractivity contribution >= 4 is 5.97 Å². The minimum Gasteiger partial charge on any atom is -0.461 e. The molecular formula is C15H22O4. The SMILES string of the molecule is C/C1=C\CC/C(CO)=C/[C@@H](O)[C@H]2[C@H](C1)OC(=O)[C@@H]2C. The van der Waals surface area contributed by atoms with Crippen LogP contribution >= 0.6 is 0 Å². The van der Waals surface area contributed by atoms with Crippen molar-refractivity contribution in [2.75, 3.05) is 6.61 Å². The molecule has 1 heterocycles. The van der Waals surface area contributed by atoms with E-state index < -0.39 is 6.10 Å². The number of ether oxygens (including phenoxy) is 1. The smallest absolute Gasteiger partial charge is 0.309 e. The van der Waals surface area contributed by atoms with Crippen molar-refractivity contribution in [3.8, 4) is 0 Å². The Labute approximate surface area is 113 Å². The second kappa shape index (κ2) is 5.88. The Morgan fingerprint density at radius 2 is 2.21 bits per heavy atom. The summed E-state index contributed by atoms with van der Waals surface area (Å²) in [7, 11) is 0. The lowest BCUT2D eigenvalue weighted by molar-refractivity contribution is -0.143. The van der Waals surface area contributed by atoms with Crippen LogP contribution in [0.2, 0.25) is 0 Å². The van der Waals surface area contributed by atoms with E-state index >= 15 is 0 Å². The summed E-state index contributed by atoms with van der Waals surface area (Å²) in [5.41, 5.74) is 1.99. The third-order valence-corrected chi connectivity index (χ3v) is 4.13. The fourth-order valence-corrected chi connectivity index (χ4v) is 2.98. The molecule has 1 aliphatic carbocycles. The first-order valence-corrected chi connectivity index (χ1v) is 6.87. The van der Waals surface area contributed by atoms with Crippen LogP contribution < -0.4 is 0 Å². The fourth-order valence-electron chi connectivity index (χ4n) is 2.98. The van der Waals surface area contributed by atoms with Gasteiger partial charge in [0.25, 0.3) is 0 Å². The number of fused-ring (bicyclic) bond motifs is 1. The Morgan fingerprint density at radius 3 is 2.89 bits per heavy atom. The zero-order chi connectivity index (χ0) is 14.0. The Bertz CT molecular complexity index is 410. The Balaban J connectivity index is 2.30. The topological polar surface area (TPSA) is 66.8 Å². The number of rotatable bonds is 1. The van der Waals surface area contributed by atoms with Gasteiger partial charge in [0.2, 0.25) is 0 Å². The highest BCUT2D eigenvalue weighted by Gasteiger charge is 2.45. The highest BCUT2D eigenvalue weighted by molar-refractivity contribution is 5.75. The third kappa shape index (κ3) is 3.07. The molecule has 2 aliphatic rings. The first kappa shape index (κ1) is 14.3. The van der Waals surface area contributed by atoms with E-state index in [1.807, 2.05) is 6.92 Å². The minimum atomic E-state index is -0.737. The Kier molecular flexibility index (Phi) is 4.42. The predicted molar refractivity (Wildman–Crippen MR) is 71.3 cm³/mol. The molecule has 19 heavy (non-hydrogen) atoms. The van der Waals surface area contributed by atoms with Crippen molar-refractivity contribution in [1.29, 1.82) is 0 Å². The van der Waals surface area contributed by atoms with Crippen LogP contribution in [0.4, 0.5) is 0 Å². The summed E-state index contributed by atoms with van der Waals surface area (Å²) in [5.74, 6) is -0.765. The highest BCUT2D eigenvalue weighted by Crippen LogP contribution is 2.35. The van der Waals surface area contributed by atoms with Gasteiger partial charge in [0.15, 0.2) is 0 Å². The lowest BCUT2D eigenvalue weighted by atomic mass is 9.82. The molecule has 0 saturated carbocycles. The van der Waals surface area contributed by atoms with E-state index in [1.165, 1.54) is 5.57 Å². The van der Waals surface area contributed by atoms with Gasteiger partial charge in [0.05, 0.1) is 18.6 Å². The largest absolute Gasteiger partial charge is 0.461 e. The molecule has 4 atom stereocenters. The van der Waals surface area contributed by atoms with Crippen molar-refractivity contribution in [3.63, 3.8) is 0 Å².